The average Bonchev–Trinajstić information content (AvgIpc) is 3.24. The molecule has 0 aliphatic heterocycles. The summed E-state index contributed by atoms with van der Waals surface area (Å²) in [7, 11) is 1.55. The van der Waals surface area contributed by atoms with Crippen LogP contribution in [0, 0.1) is 11.3 Å². The molecule has 0 radical (unpaired) electrons. The molecule has 0 aromatic heterocycles. The van der Waals surface area contributed by atoms with Crippen LogP contribution in [0.15, 0.2) is 48.0 Å². The maximum absolute atomic E-state index is 12.4. The number of halogens is 1. The van der Waals surface area contributed by atoms with Gasteiger partial charge < -0.3 is 14.8 Å². The lowest BCUT2D eigenvalue weighted by molar-refractivity contribution is -0.117. The van der Waals surface area contributed by atoms with Crippen LogP contribution in [0.25, 0.3) is 6.08 Å². The SMILES string of the molecule is COc1cc(C=C(C#N)C(=O)NC2CCCC2)ccc1OCc1ccc(Cl)cc1. The molecule has 0 bridgehead atoms. The Labute approximate surface area is 175 Å². The molecule has 6 heteroatoms. The van der Waals surface area contributed by atoms with E-state index in [2.05, 4.69) is 5.32 Å². The number of amides is 1. The Morgan fingerprint density at radius 3 is 2.59 bits per heavy atom. The zero-order valence-corrected chi connectivity index (χ0v) is 17.0. The standard InChI is InChI=1S/C23H23ClN2O3/c1-28-22-13-17(12-18(14-25)23(27)26-20-4-2-3-5-20)8-11-21(22)29-15-16-6-9-19(24)10-7-16/h6-13,20H,2-5,15H2,1H3,(H,26,27). The van der Waals surface area contributed by atoms with Crippen LogP contribution < -0.4 is 14.8 Å². The number of rotatable bonds is 7. The van der Waals surface area contributed by atoms with Crippen LogP contribution in [0.4, 0.5) is 0 Å². The fourth-order valence-corrected chi connectivity index (χ4v) is 3.41. The molecule has 2 aromatic rings. The molecule has 29 heavy (non-hydrogen) atoms. The van der Waals surface area contributed by atoms with Crippen LogP contribution in [-0.2, 0) is 11.4 Å². The van der Waals surface area contributed by atoms with Gasteiger partial charge in [0.2, 0.25) is 0 Å². The molecule has 0 atom stereocenters. The van der Waals surface area contributed by atoms with Crippen molar-refractivity contribution in [2.45, 2.75) is 38.3 Å². The summed E-state index contributed by atoms with van der Waals surface area (Å²) < 4.78 is 11.3. The molecule has 150 valence electrons. The second-order valence-electron chi connectivity index (χ2n) is 6.95. The quantitative estimate of drug-likeness (QED) is 0.521. The van der Waals surface area contributed by atoms with Crippen LogP contribution >= 0.6 is 11.6 Å². The molecule has 0 unspecified atom stereocenters. The van der Waals surface area contributed by atoms with E-state index in [9.17, 15) is 10.1 Å². The Bertz CT molecular complexity index is 926. The minimum Gasteiger partial charge on any atom is -0.493 e. The molecular formula is C23H23ClN2O3. The zero-order valence-electron chi connectivity index (χ0n) is 16.3. The van der Waals surface area contributed by atoms with Gasteiger partial charge in [-0.15, -0.1) is 0 Å². The van der Waals surface area contributed by atoms with E-state index in [4.69, 9.17) is 21.1 Å². The maximum atomic E-state index is 12.4. The van der Waals surface area contributed by atoms with Gasteiger partial charge in [0, 0.05) is 11.1 Å². The molecule has 2 aromatic carbocycles. The normalized spacial score (nSPS) is 14.3. The van der Waals surface area contributed by atoms with Crippen LogP contribution in [0.5, 0.6) is 11.5 Å². The van der Waals surface area contributed by atoms with Crippen molar-refractivity contribution in [3.05, 3.63) is 64.2 Å². The van der Waals surface area contributed by atoms with Crippen LogP contribution in [0.2, 0.25) is 5.02 Å². The first-order chi connectivity index (χ1) is 14.1. The van der Waals surface area contributed by atoms with E-state index in [1.165, 1.54) is 0 Å². The number of nitriles is 1. The number of ether oxygens (including phenoxy) is 2. The molecule has 1 fully saturated rings. The third-order valence-corrected chi connectivity index (χ3v) is 5.11. The highest BCUT2D eigenvalue weighted by Crippen LogP contribution is 2.30. The van der Waals surface area contributed by atoms with Gasteiger partial charge in [-0.25, -0.2) is 0 Å². The number of carbonyl (C=O) groups is 1. The summed E-state index contributed by atoms with van der Waals surface area (Å²) in [5.74, 6) is 0.774. The second kappa shape index (κ2) is 9.99. The fraction of sp³-hybridized carbons (Fsp3) is 0.304. The van der Waals surface area contributed by atoms with Crippen LogP contribution in [0.1, 0.15) is 36.8 Å². The van der Waals surface area contributed by atoms with Gasteiger partial charge in [0.15, 0.2) is 11.5 Å². The largest absolute Gasteiger partial charge is 0.493 e. The van der Waals surface area contributed by atoms with Crippen molar-refractivity contribution in [2.75, 3.05) is 7.11 Å². The minimum atomic E-state index is -0.332. The minimum absolute atomic E-state index is 0.0776. The summed E-state index contributed by atoms with van der Waals surface area (Å²) in [4.78, 5) is 12.4. The molecule has 5 nitrogen and oxygen atoms in total. The monoisotopic (exact) mass is 410 g/mol. The maximum Gasteiger partial charge on any atom is 0.262 e. The van der Waals surface area contributed by atoms with Gasteiger partial charge in [0.1, 0.15) is 18.2 Å². The lowest BCUT2D eigenvalue weighted by atomic mass is 10.1. The number of hydrogen-bond donors (Lipinski definition) is 1. The first-order valence-corrected chi connectivity index (χ1v) is 9.95. The first kappa shape index (κ1) is 20.8. The summed E-state index contributed by atoms with van der Waals surface area (Å²) in [5.41, 5.74) is 1.75. The van der Waals surface area contributed by atoms with E-state index in [1.807, 2.05) is 30.3 Å². The second-order valence-corrected chi connectivity index (χ2v) is 7.39. The molecule has 1 aliphatic carbocycles. The third-order valence-electron chi connectivity index (χ3n) is 4.86. The Kier molecular flexibility index (Phi) is 7.15. The smallest absolute Gasteiger partial charge is 0.262 e. The summed E-state index contributed by atoms with van der Waals surface area (Å²) in [5, 5.41) is 13.0. The summed E-state index contributed by atoms with van der Waals surface area (Å²) in [6.07, 6.45) is 5.74. The van der Waals surface area contributed by atoms with Gasteiger partial charge in [-0.3, -0.25) is 4.79 Å². The van der Waals surface area contributed by atoms with Crippen LogP contribution in [-0.4, -0.2) is 19.1 Å². The van der Waals surface area contributed by atoms with Gasteiger partial charge in [-0.1, -0.05) is 42.6 Å². The molecule has 0 heterocycles. The van der Waals surface area contributed by atoms with Crippen molar-refractivity contribution in [1.82, 2.24) is 5.32 Å². The predicted molar refractivity (Wildman–Crippen MR) is 113 cm³/mol. The Balaban J connectivity index is 1.70. The van der Waals surface area contributed by atoms with E-state index in [0.29, 0.717) is 28.7 Å². The summed E-state index contributed by atoms with van der Waals surface area (Å²) >= 11 is 5.90. The van der Waals surface area contributed by atoms with E-state index >= 15 is 0 Å². The topological polar surface area (TPSA) is 71.3 Å². The molecule has 3 rings (SSSR count). The molecule has 1 amide bonds. The number of methoxy groups -OCH3 is 1. The van der Waals surface area contributed by atoms with Gasteiger partial charge in [-0.2, -0.15) is 5.26 Å². The highest BCUT2D eigenvalue weighted by Gasteiger charge is 2.19. The molecule has 1 aliphatic rings. The number of nitrogens with zero attached hydrogens (tertiary/aromatic N) is 1. The highest BCUT2D eigenvalue weighted by atomic mass is 35.5. The number of hydrogen-bond acceptors (Lipinski definition) is 4. The van der Waals surface area contributed by atoms with Crippen molar-refractivity contribution >= 4 is 23.6 Å². The molecule has 1 saturated carbocycles. The van der Waals surface area contributed by atoms with Crippen molar-refractivity contribution in [1.29, 1.82) is 5.26 Å². The fourth-order valence-electron chi connectivity index (χ4n) is 3.28. The van der Waals surface area contributed by atoms with Crippen LogP contribution in [0.3, 0.4) is 0 Å². The number of carbonyl (C=O) groups excluding carboxylic acids is 1. The number of benzene rings is 2. The lowest BCUT2D eigenvalue weighted by Gasteiger charge is -2.12. The van der Waals surface area contributed by atoms with E-state index in [1.54, 1.807) is 31.4 Å². The number of nitrogens with one attached hydrogen (secondary N) is 1. The van der Waals surface area contributed by atoms with Gasteiger partial charge in [0.25, 0.3) is 5.91 Å². The Hall–Kier alpha value is -2.97. The van der Waals surface area contributed by atoms with Crippen molar-refractivity contribution in [3.8, 4) is 17.6 Å². The molecule has 1 N–H and O–H groups in total. The van der Waals surface area contributed by atoms with Crippen molar-refractivity contribution in [3.63, 3.8) is 0 Å². The lowest BCUT2D eigenvalue weighted by Crippen LogP contribution is -2.33. The summed E-state index contributed by atoms with van der Waals surface area (Å²) in [6, 6.07) is 14.9. The Morgan fingerprint density at radius 1 is 1.21 bits per heavy atom. The van der Waals surface area contributed by atoms with Crippen molar-refractivity contribution in [2.24, 2.45) is 0 Å². The average molecular weight is 411 g/mol. The highest BCUT2D eigenvalue weighted by molar-refractivity contribution is 6.30. The predicted octanol–water partition coefficient (Wildman–Crippen LogP) is 4.89. The van der Waals surface area contributed by atoms with E-state index in [0.717, 1.165) is 31.2 Å². The zero-order chi connectivity index (χ0) is 20.6. The van der Waals surface area contributed by atoms with Gasteiger partial charge >= 0.3 is 0 Å². The first-order valence-electron chi connectivity index (χ1n) is 9.57. The van der Waals surface area contributed by atoms with Gasteiger partial charge in [-0.05, 0) is 54.3 Å². The summed E-state index contributed by atoms with van der Waals surface area (Å²) in [6.45, 7) is 0.371. The van der Waals surface area contributed by atoms with E-state index < -0.39 is 0 Å². The molecule has 0 spiro atoms. The van der Waals surface area contributed by atoms with Gasteiger partial charge in [0.05, 0.1) is 7.11 Å². The van der Waals surface area contributed by atoms with Crippen molar-refractivity contribution < 1.29 is 14.3 Å². The molecular weight excluding hydrogens is 388 g/mol. The third kappa shape index (κ3) is 5.75. The van der Waals surface area contributed by atoms with E-state index in [-0.39, 0.29) is 17.5 Å². The molecule has 0 saturated heterocycles. The Morgan fingerprint density at radius 2 is 1.93 bits per heavy atom.